The van der Waals surface area contributed by atoms with Crippen molar-refractivity contribution in [3.05, 3.63) is 0 Å². The van der Waals surface area contributed by atoms with E-state index < -0.39 is 19.8 Å². The molecule has 0 aromatic heterocycles. The van der Waals surface area contributed by atoms with E-state index in [9.17, 15) is 9.36 Å². The van der Waals surface area contributed by atoms with Gasteiger partial charge in [-0.3, -0.25) is 4.79 Å². The van der Waals surface area contributed by atoms with Crippen molar-refractivity contribution in [1.29, 1.82) is 0 Å². The SMILES string of the molecule is CCCCOC[P+](=O)CCC(N)C(N)=O. The molecular weight excluding hydrogens is 215 g/mol. The highest BCUT2D eigenvalue weighted by molar-refractivity contribution is 7.44. The molecule has 0 aliphatic heterocycles. The Hall–Kier alpha value is -0.510. The highest BCUT2D eigenvalue weighted by atomic mass is 31.1. The topological polar surface area (TPSA) is 95.4 Å². The zero-order valence-electron chi connectivity index (χ0n) is 9.15. The van der Waals surface area contributed by atoms with E-state index in [4.69, 9.17) is 16.2 Å². The van der Waals surface area contributed by atoms with Gasteiger partial charge in [0.25, 0.3) is 0 Å². The molecule has 0 saturated carbocycles. The maximum Gasteiger partial charge on any atom is 0.367 e. The molecule has 0 fully saturated rings. The van der Waals surface area contributed by atoms with Crippen LogP contribution in [0, 0.1) is 0 Å². The van der Waals surface area contributed by atoms with Gasteiger partial charge < -0.3 is 16.2 Å². The minimum absolute atomic E-state index is 0.251. The summed E-state index contributed by atoms with van der Waals surface area (Å²) in [5.41, 5.74) is 10.4. The average Bonchev–Trinajstić information content (AvgIpc) is 2.20. The van der Waals surface area contributed by atoms with Crippen molar-refractivity contribution in [2.75, 3.05) is 19.1 Å². The molecule has 1 amide bonds. The van der Waals surface area contributed by atoms with Crippen molar-refractivity contribution in [3.63, 3.8) is 0 Å². The van der Waals surface area contributed by atoms with Crippen LogP contribution in [0.2, 0.25) is 0 Å². The Bertz CT molecular complexity index is 212. The molecule has 2 unspecified atom stereocenters. The first kappa shape index (κ1) is 14.5. The van der Waals surface area contributed by atoms with Gasteiger partial charge in [-0.15, -0.1) is 0 Å². The van der Waals surface area contributed by atoms with Gasteiger partial charge in [-0.25, -0.2) is 0 Å². The standard InChI is InChI=1S/C9H19N2O3P/c1-2-3-5-14-7-15(13)6-4-8(10)9(11)12/h8H,2-7,10H2,1H3,(H-,11,12)/p+1. The predicted octanol–water partition coefficient (Wildman–Crippen LogP) is 0.791. The second-order valence-corrected chi connectivity index (χ2v) is 5.06. The Balaban J connectivity index is 3.45. The van der Waals surface area contributed by atoms with E-state index in [0.29, 0.717) is 19.2 Å². The van der Waals surface area contributed by atoms with Gasteiger partial charge in [-0.05, 0) is 6.42 Å². The zero-order chi connectivity index (χ0) is 11.7. The van der Waals surface area contributed by atoms with Crippen molar-refractivity contribution < 1.29 is 14.1 Å². The molecule has 0 aromatic carbocycles. The largest absolute Gasteiger partial charge is 0.368 e. The normalized spacial score (nSPS) is 13.6. The second-order valence-electron chi connectivity index (χ2n) is 3.39. The molecule has 2 atom stereocenters. The van der Waals surface area contributed by atoms with E-state index in [1.807, 2.05) is 0 Å². The van der Waals surface area contributed by atoms with Crippen molar-refractivity contribution in [1.82, 2.24) is 0 Å². The minimum Gasteiger partial charge on any atom is -0.368 e. The molecule has 0 aliphatic rings. The molecule has 0 heterocycles. The number of carbonyl (C=O) groups excluding carboxylic acids is 1. The number of carbonyl (C=O) groups is 1. The van der Waals surface area contributed by atoms with E-state index in [-0.39, 0.29) is 6.35 Å². The first-order valence-corrected chi connectivity index (χ1v) is 6.75. The van der Waals surface area contributed by atoms with Crippen molar-refractivity contribution in [3.8, 4) is 0 Å². The van der Waals surface area contributed by atoms with Crippen molar-refractivity contribution in [2.45, 2.75) is 32.2 Å². The van der Waals surface area contributed by atoms with Gasteiger partial charge in [0.2, 0.25) is 12.3 Å². The number of hydrogen-bond acceptors (Lipinski definition) is 4. The third-order valence-electron chi connectivity index (χ3n) is 1.93. The molecule has 5 nitrogen and oxygen atoms in total. The number of nitrogens with two attached hydrogens (primary N) is 2. The Kier molecular flexibility index (Phi) is 8.47. The van der Waals surface area contributed by atoms with Crippen LogP contribution >= 0.6 is 7.80 Å². The first-order chi connectivity index (χ1) is 7.07. The fourth-order valence-corrected chi connectivity index (χ4v) is 1.93. The maximum atomic E-state index is 11.3. The average molecular weight is 235 g/mol. The minimum atomic E-state index is -1.41. The van der Waals surface area contributed by atoms with Gasteiger partial charge in [0.15, 0.2) is 6.16 Å². The van der Waals surface area contributed by atoms with Gasteiger partial charge >= 0.3 is 7.80 Å². The molecule has 15 heavy (non-hydrogen) atoms. The van der Waals surface area contributed by atoms with Gasteiger partial charge in [0.05, 0.1) is 12.6 Å². The maximum absolute atomic E-state index is 11.3. The highest BCUT2D eigenvalue weighted by Gasteiger charge is 2.19. The van der Waals surface area contributed by atoms with Crippen molar-refractivity contribution in [2.24, 2.45) is 11.5 Å². The third kappa shape index (κ3) is 8.48. The lowest BCUT2D eigenvalue weighted by atomic mass is 10.2. The molecule has 0 aliphatic carbocycles. The molecule has 0 spiro atoms. The summed E-state index contributed by atoms with van der Waals surface area (Å²) in [6.07, 6.45) is 3.04. The monoisotopic (exact) mass is 235 g/mol. The molecule has 0 aromatic rings. The summed E-state index contributed by atoms with van der Waals surface area (Å²) in [5, 5.41) is 0. The fraction of sp³-hybridized carbons (Fsp3) is 0.889. The van der Waals surface area contributed by atoms with Crippen LogP contribution in [0.25, 0.3) is 0 Å². The molecule has 0 radical (unpaired) electrons. The van der Waals surface area contributed by atoms with Crippen LogP contribution in [0.1, 0.15) is 26.2 Å². The first-order valence-electron chi connectivity index (χ1n) is 5.12. The molecule has 0 rings (SSSR count). The lowest BCUT2D eigenvalue weighted by Gasteiger charge is -2.01. The van der Waals surface area contributed by atoms with Crippen LogP contribution in [0.15, 0.2) is 0 Å². The third-order valence-corrected chi connectivity index (χ3v) is 3.16. The number of primary amides is 1. The Labute approximate surface area is 91.3 Å². The molecule has 88 valence electrons. The summed E-state index contributed by atoms with van der Waals surface area (Å²) >= 11 is 0. The van der Waals surface area contributed by atoms with Crippen LogP contribution in [0.5, 0.6) is 0 Å². The lowest BCUT2D eigenvalue weighted by molar-refractivity contribution is -0.119. The van der Waals surface area contributed by atoms with Gasteiger partial charge in [0.1, 0.15) is 0 Å². The van der Waals surface area contributed by atoms with Crippen LogP contribution < -0.4 is 11.5 Å². The smallest absolute Gasteiger partial charge is 0.367 e. The molecule has 0 bridgehead atoms. The summed E-state index contributed by atoms with van der Waals surface area (Å²) in [4.78, 5) is 10.6. The highest BCUT2D eigenvalue weighted by Crippen LogP contribution is 2.21. The van der Waals surface area contributed by atoms with E-state index in [2.05, 4.69) is 6.92 Å². The Morgan fingerprint density at radius 3 is 2.73 bits per heavy atom. The fourth-order valence-electron chi connectivity index (χ4n) is 0.903. The molecular formula is C9H20N2O3P+. The summed E-state index contributed by atoms with van der Waals surface area (Å²) in [6, 6.07) is -0.695. The van der Waals surface area contributed by atoms with Crippen LogP contribution in [-0.4, -0.2) is 31.1 Å². The van der Waals surface area contributed by atoms with Crippen LogP contribution in [-0.2, 0) is 14.1 Å². The summed E-state index contributed by atoms with van der Waals surface area (Å²) < 4.78 is 16.5. The number of rotatable bonds is 9. The summed E-state index contributed by atoms with van der Waals surface area (Å²) in [6.45, 7) is 2.70. The quantitative estimate of drug-likeness (QED) is 0.456. The molecule has 6 heteroatoms. The number of ether oxygens (including phenoxy) is 1. The number of amides is 1. The molecule has 4 N–H and O–H groups in total. The summed E-state index contributed by atoms with van der Waals surface area (Å²) in [7, 11) is -1.41. The second kappa shape index (κ2) is 8.77. The number of unbranched alkanes of at least 4 members (excludes halogenated alkanes) is 1. The predicted molar refractivity (Wildman–Crippen MR) is 60.0 cm³/mol. The summed E-state index contributed by atoms with van der Waals surface area (Å²) in [5.74, 6) is -0.551. The van der Waals surface area contributed by atoms with E-state index in [1.165, 1.54) is 0 Å². The van der Waals surface area contributed by atoms with E-state index >= 15 is 0 Å². The van der Waals surface area contributed by atoms with Gasteiger partial charge in [-0.2, -0.15) is 0 Å². The van der Waals surface area contributed by atoms with Crippen molar-refractivity contribution >= 4 is 13.7 Å². The Morgan fingerprint density at radius 2 is 2.20 bits per heavy atom. The van der Waals surface area contributed by atoms with E-state index in [1.54, 1.807) is 0 Å². The zero-order valence-corrected chi connectivity index (χ0v) is 10.0. The van der Waals surface area contributed by atoms with Crippen LogP contribution in [0.3, 0.4) is 0 Å². The lowest BCUT2D eigenvalue weighted by Crippen LogP contribution is -2.36. The van der Waals surface area contributed by atoms with Gasteiger partial charge in [-0.1, -0.05) is 17.9 Å². The number of hydrogen-bond donors (Lipinski definition) is 2. The Morgan fingerprint density at radius 1 is 1.53 bits per heavy atom. The van der Waals surface area contributed by atoms with E-state index in [0.717, 1.165) is 12.8 Å². The van der Waals surface area contributed by atoms with Crippen LogP contribution in [0.4, 0.5) is 0 Å². The van der Waals surface area contributed by atoms with Gasteiger partial charge in [0, 0.05) is 6.42 Å². The molecule has 0 saturated heterocycles.